The van der Waals surface area contributed by atoms with Gasteiger partial charge in [0, 0.05) is 12.4 Å². The average Bonchev–Trinajstić information content (AvgIpc) is 2.77. The number of H-pyrrole nitrogens is 2. The molecule has 102 valence electrons. The summed E-state index contributed by atoms with van der Waals surface area (Å²) in [4.78, 5) is 24.5. The Morgan fingerprint density at radius 1 is 1.42 bits per heavy atom. The van der Waals surface area contributed by atoms with Gasteiger partial charge in [-0.3, -0.25) is 14.8 Å². The third-order valence-electron chi connectivity index (χ3n) is 2.34. The Hall–Kier alpha value is -2.16. The Labute approximate surface area is 112 Å². The fourth-order valence-electron chi connectivity index (χ4n) is 1.43. The second-order valence-corrected chi connectivity index (χ2v) is 4.01. The van der Waals surface area contributed by atoms with Gasteiger partial charge in [0.2, 0.25) is 5.95 Å². The molecule has 10 heteroatoms. The molecule has 0 aliphatic carbocycles. The van der Waals surface area contributed by atoms with Crippen molar-refractivity contribution in [1.82, 2.24) is 24.9 Å². The summed E-state index contributed by atoms with van der Waals surface area (Å²) in [5.74, 6) is 0.640. The predicted octanol–water partition coefficient (Wildman–Crippen LogP) is 0.788. The van der Waals surface area contributed by atoms with Crippen LogP contribution in [-0.4, -0.2) is 43.9 Å². The zero-order valence-corrected chi connectivity index (χ0v) is 11.0. The first kappa shape index (κ1) is 13.3. The maximum atomic E-state index is 11.6. The standard InChI is InChI=1S/C9H13ClN8O/c1-2-18(4-3-10)17-16-9-12-5-6(14-9)13-8(11)15-7(5)19/h2-4H2,1H3,(H4,11,12,13,14,15,19)/b17-16+. The van der Waals surface area contributed by atoms with E-state index < -0.39 is 5.56 Å². The van der Waals surface area contributed by atoms with Crippen LogP contribution in [0.3, 0.4) is 0 Å². The number of alkyl halides is 1. The first-order valence-corrected chi connectivity index (χ1v) is 6.15. The molecule has 0 spiro atoms. The number of aromatic nitrogens is 4. The smallest absolute Gasteiger partial charge is 0.278 e. The van der Waals surface area contributed by atoms with E-state index >= 15 is 0 Å². The van der Waals surface area contributed by atoms with Gasteiger partial charge in [-0.15, -0.1) is 11.6 Å². The Bertz CT molecular complexity index is 647. The molecule has 4 N–H and O–H groups in total. The van der Waals surface area contributed by atoms with E-state index in [4.69, 9.17) is 17.3 Å². The summed E-state index contributed by atoms with van der Waals surface area (Å²) in [5, 5.41) is 9.53. The van der Waals surface area contributed by atoms with Gasteiger partial charge in [-0.25, -0.2) is 0 Å². The molecule has 0 amide bonds. The molecule has 0 atom stereocenters. The molecule has 0 bridgehead atoms. The SMILES string of the molecule is CCN(CCCl)/N=N/c1nc2nc(N)[nH]c(=O)c2[nH]1. The van der Waals surface area contributed by atoms with Gasteiger partial charge in [0.05, 0.1) is 6.54 Å². The lowest BCUT2D eigenvalue weighted by atomic mass is 10.5. The lowest BCUT2D eigenvalue weighted by molar-refractivity contribution is 0.302. The lowest BCUT2D eigenvalue weighted by Gasteiger charge is -2.11. The van der Waals surface area contributed by atoms with Gasteiger partial charge in [-0.2, -0.15) is 9.97 Å². The maximum Gasteiger partial charge on any atom is 0.278 e. The number of nitrogens with zero attached hydrogens (tertiary/aromatic N) is 5. The summed E-state index contributed by atoms with van der Waals surface area (Å²) in [6.45, 7) is 3.17. The zero-order chi connectivity index (χ0) is 13.8. The molecule has 0 radical (unpaired) electrons. The van der Waals surface area contributed by atoms with Crippen molar-refractivity contribution in [3.8, 4) is 0 Å². The number of halogens is 1. The second kappa shape index (κ2) is 5.65. The Kier molecular flexibility index (Phi) is 3.95. The fourth-order valence-corrected chi connectivity index (χ4v) is 1.62. The van der Waals surface area contributed by atoms with Crippen LogP contribution in [0.25, 0.3) is 11.2 Å². The van der Waals surface area contributed by atoms with Crippen molar-refractivity contribution in [1.29, 1.82) is 0 Å². The van der Waals surface area contributed by atoms with Crippen LogP contribution in [0.1, 0.15) is 6.92 Å². The van der Waals surface area contributed by atoms with Crippen molar-refractivity contribution in [3.05, 3.63) is 10.4 Å². The summed E-state index contributed by atoms with van der Waals surface area (Å²) >= 11 is 5.62. The molecular formula is C9H13ClN8O. The van der Waals surface area contributed by atoms with Gasteiger partial charge < -0.3 is 10.7 Å². The molecule has 0 aromatic carbocycles. The summed E-state index contributed by atoms with van der Waals surface area (Å²) in [6, 6.07) is 0. The Balaban J connectivity index is 2.29. The largest absolute Gasteiger partial charge is 0.369 e. The number of hydrogen-bond donors (Lipinski definition) is 3. The molecular weight excluding hydrogens is 272 g/mol. The van der Waals surface area contributed by atoms with E-state index in [-0.39, 0.29) is 23.1 Å². The molecule has 0 saturated heterocycles. The van der Waals surface area contributed by atoms with E-state index in [1.54, 1.807) is 5.01 Å². The number of aromatic amines is 2. The monoisotopic (exact) mass is 284 g/mol. The molecule has 9 nitrogen and oxygen atoms in total. The minimum atomic E-state index is -0.399. The van der Waals surface area contributed by atoms with Crippen LogP contribution in [0.5, 0.6) is 0 Å². The molecule has 2 aromatic rings. The molecule has 0 unspecified atom stereocenters. The van der Waals surface area contributed by atoms with E-state index in [1.807, 2.05) is 6.92 Å². The maximum absolute atomic E-state index is 11.6. The Morgan fingerprint density at radius 2 is 2.21 bits per heavy atom. The third kappa shape index (κ3) is 2.99. The highest BCUT2D eigenvalue weighted by atomic mass is 35.5. The van der Waals surface area contributed by atoms with E-state index in [0.29, 0.717) is 19.0 Å². The van der Waals surface area contributed by atoms with Crippen molar-refractivity contribution in [3.63, 3.8) is 0 Å². The van der Waals surface area contributed by atoms with Gasteiger partial charge in [0.25, 0.3) is 11.5 Å². The van der Waals surface area contributed by atoms with E-state index in [0.717, 1.165) is 0 Å². The first-order valence-electron chi connectivity index (χ1n) is 5.62. The van der Waals surface area contributed by atoms with E-state index in [1.165, 1.54) is 0 Å². The molecule has 0 fully saturated rings. The highest BCUT2D eigenvalue weighted by Crippen LogP contribution is 2.12. The number of nitrogens with two attached hydrogens (primary N) is 1. The van der Waals surface area contributed by atoms with Gasteiger partial charge in [0.15, 0.2) is 11.2 Å². The summed E-state index contributed by atoms with van der Waals surface area (Å²) in [6.07, 6.45) is 0. The van der Waals surface area contributed by atoms with Crippen molar-refractivity contribution < 1.29 is 0 Å². The number of rotatable bonds is 5. The number of fused-ring (bicyclic) bond motifs is 1. The van der Waals surface area contributed by atoms with Crippen LogP contribution >= 0.6 is 11.6 Å². The molecule has 0 saturated carbocycles. The number of anilines is 1. The van der Waals surface area contributed by atoms with E-state index in [9.17, 15) is 4.79 Å². The van der Waals surface area contributed by atoms with Crippen LogP contribution in [0, 0.1) is 0 Å². The number of nitrogen functional groups attached to an aromatic ring is 1. The summed E-state index contributed by atoms with van der Waals surface area (Å²) in [5.41, 5.74) is 5.44. The van der Waals surface area contributed by atoms with Crippen molar-refractivity contribution in [2.75, 3.05) is 24.7 Å². The number of nitrogens with one attached hydrogen (secondary N) is 2. The highest BCUT2D eigenvalue weighted by Gasteiger charge is 2.08. The predicted molar refractivity (Wildman–Crippen MR) is 71.4 cm³/mol. The topological polar surface area (TPSA) is 128 Å². The molecule has 2 rings (SSSR count). The van der Waals surface area contributed by atoms with Crippen LogP contribution in [0.4, 0.5) is 11.9 Å². The van der Waals surface area contributed by atoms with Crippen LogP contribution in [0.2, 0.25) is 0 Å². The molecule has 2 heterocycles. The molecule has 0 aliphatic heterocycles. The summed E-state index contributed by atoms with van der Waals surface area (Å²) < 4.78 is 0. The molecule has 0 aliphatic rings. The Morgan fingerprint density at radius 3 is 2.89 bits per heavy atom. The fraction of sp³-hybridized carbons (Fsp3) is 0.444. The van der Waals surface area contributed by atoms with Crippen LogP contribution < -0.4 is 11.3 Å². The number of hydrogen-bond acceptors (Lipinski definition) is 6. The average molecular weight is 285 g/mol. The lowest BCUT2D eigenvalue weighted by Crippen LogP contribution is -2.18. The minimum absolute atomic E-state index is 0.00446. The quantitative estimate of drug-likeness (QED) is 0.425. The van der Waals surface area contributed by atoms with Gasteiger partial charge in [-0.1, -0.05) is 10.3 Å². The highest BCUT2D eigenvalue weighted by molar-refractivity contribution is 6.18. The minimum Gasteiger partial charge on any atom is -0.369 e. The summed E-state index contributed by atoms with van der Waals surface area (Å²) in [7, 11) is 0. The van der Waals surface area contributed by atoms with Gasteiger partial charge >= 0.3 is 0 Å². The molecule has 19 heavy (non-hydrogen) atoms. The third-order valence-corrected chi connectivity index (χ3v) is 2.51. The zero-order valence-electron chi connectivity index (χ0n) is 10.2. The van der Waals surface area contributed by atoms with Gasteiger partial charge in [0.1, 0.15) is 0 Å². The van der Waals surface area contributed by atoms with Crippen LogP contribution in [-0.2, 0) is 0 Å². The van der Waals surface area contributed by atoms with Gasteiger partial charge in [-0.05, 0) is 6.92 Å². The first-order chi connectivity index (χ1) is 9.13. The van der Waals surface area contributed by atoms with Crippen LogP contribution in [0.15, 0.2) is 15.1 Å². The van der Waals surface area contributed by atoms with E-state index in [2.05, 4.69) is 30.3 Å². The normalized spacial score (nSPS) is 11.5. The van der Waals surface area contributed by atoms with Crippen molar-refractivity contribution >= 4 is 34.7 Å². The van der Waals surface area contributed by atoms with Crippen molar-refractivity contribution in [2.45, 2.75) is 6.92 Å². The number of imidazole rings is 1. The molecule has 2 aromatic heterocycles. The second-order valence-electron chi connectivity index (χ2n) is 3.63. The van der Waals surface area contributed by atoms with Crippen molar-refractivity contribution in [2.24, 2.45) is 10.3 Å².